The predicted molar refractivity (Wildman–Crippen MR) is 206 cm³/mol. The van der Waals surface area contributed by atoms with E-state index in [1.807, 2.05) is 5.32 Å². The van der Waals surface area contributed by atoms with E-state index in [1.54, 1.807) is 48.7 Å². The van der Waals surface area contributed by atoms with Crippen molar-refractivity contribution in [1.82, 2.24) is 31.9 Å². The van der Waals surface area contributed by atoms with Crippen molar-refractivity contribution in [2.45, 2.75) is 69.4 Å². The van der Waals surface area contributed by atoms with Crippen LogP contribution in [0.3, 0.4) is 0 Å². The van der Waals surface area contributed by atoms with Crippen molar-refractivity contribution in [3.63, 3.8) is 0 Å². The lowest BCUT2D eigenvalue weighted by Crippen LogP contribution is -2.60. The zero-order valence-electron chi connectivity index (χ0n) is 31.6. The van der Waals surface area contributed by atoms with E-state index in [0.717, 1.165) is 6.92 Å². The molecule has 0 spiro atoms. The highest BCUT2D eigenvalue weighted by Gasteiger charge is 2.33. The van der Waals surface area contributed by atoms with Crippen LogP contribution in [0, 0.1) is 0 Å². The van der Waals surface area contributed by atoms with Gasteiger partial charge in [-0.15, -0.1) is 0 Å². The van der Waals surface area contributed by atoms with Crippen LogP contribution in [-0.2, 0) is 51.2 Å². The fourth-order valence-corrected chi connectivity index (χ4v) is 5.18. The average molecular weight is 822 g/mol. The normalized spacial score (nSPS) is 13.6. The second-order valence-electron chi connectivity index (χ2n) is 12.5. The Morgan fingerprint density at radius 1 is 0.702 bits per heavy atom. The van der Waals surface area contributed by atoms with Crippen LogP contribution in [0.2, 0.25) is 0 Å². The molecule has 0 heterocycles. The number of nitrogens with two attached hydrogens (primary N) is 1. The molecule has 21 heteroatoms. The first-order valence-corrected chi connectivity index (χ1v) is 18.8. The fraction of sp³-hybridized carbons (Fsp3) is 0.444. The third-order valence-corrected chi connectivity index (χ3v) is 8.28. The van der Waals surface area contributed by atoms with Gasteiger partial charge in [0.05, 0.1) is 31.8 Å². The van der Waals surface area contributed by atoms with Crippen molar-refractivity contribution in [2.24, 2.45) is 5.73 Å². The van der Waals surface area contributed by atoms with Gasteiger partial charge in [0.15, 0.2) is 0 Å². The van der Waals surface area contributed by atoms with Gasteiger partial charge in [-0.3, -0.25) is 33.6 Å². The molecular formula is C36H51N7O13S. The van der Waals surface area contributed by atoms with E-state index in [2.05, 4.69) is 26.6 Å². The Kier molecular flexibility index (Phi) is 22.6. The van der Waals surface area contributed by atoms with Crippen molar-refractivity contribution in [3.8, 4) is 5.75 Å². The molecule has 314 valence electrons. The lowest BCUT2D eigenvalue weighted by molar-refractivity contribution is -0.144. The molecule has 0 aromatic heterocycles. The summed E-state index contributed by atoms with van der Waals surface area (Å²) in [4.78, 5) is 97.6. The molecule has 2 aromatic rings. The van der Waals surface area contributed by atoms with Gasteiger partial charge in [-0.25, -0.2) is 4.79 Å². The molecule has 20 nitrogen and oxygen atoms in total. The van der Waals surface area contributed by atoms with Gasteiger partial charge < -0.3 is 63.2 Å². The van der Waals surface area contributed by atoms with Crippen molar-refractivity contribution in [2.75, 3.05) is 31.7 Å². The Labute approximate surface area is 332 Å². The quantitative estimate of drug-likeness (QED) is 0.0563. The van der Waals surface area contributed by atoms with Crippen LogP contribution in [0.4, 0.5) is 0 Å². The first kappa shape index (κ1) is 49.2. The van der Waals surface area contributed by atoms with Gasteiger partial charge in [-0.2, -0.15) is 11.8 Å². The van der Waals surface area contributed by atoms with Gasteiger partial charge >= 0.3 is 5.97 Å². The third kappa shape index (κ3) is 20.1. The van der Waals surface area contributed by atoms with E-state index >= 15 is 0 Å². The number of carboxylic acids is 2. The maximum atomic E-state index is 13.6. The van der Waals surface area contributed by atoms with Crippen molar-refractivity contribution in [3.05, 3.63) is 65.7 Å². The molecule has 6 amide bonds. The molecule has 0 radical (unpaired) electrons. The molecule has 0 aliphatic carbocycles. The Hall–Kier alpha value is -5.77. The number of aliphatic carboxylic acids is 2. The SMILES string of the molecule is CC(=O)O.CSCC[C@H](NC(=O)[C@H](Cc1ccccc1)NC(=O)CNC(=O)CNC(=O)[C@@H](N)Cc1ccc(O)cc1)C(=O)N[C@H](C(=O)N[C@@H](CO)C(=O)O)C(C)O. The number of nitrogens with one attached hydrogen (secondary N) is 6. The number of phenolic OH excluding ortho intramolecular Hbond substituents is 1. The second-order valence-corrected chi connectivity index (χ2v) is 13.4. The van der Waals surface area contributed by atoms with Crippen molar-refractivity contribution >= 4 is 59.1 Å². The number of carboxylic acid groups (broad SMARTS) is 2. The van der Waals surface area contributed by atoms with Crippen LogP contribution in [0.15, 0.2) is 54.6 Å². The van der Waals surface area contributed by atoms with E-state index in [4.69, 9.17) is 20.7 Å². The molecule has 2 aromatic carbocycles. The maximum absolute atomic E-state index is 13.6. The molecular weight excluding hydrogens is 770 g/mol. The largest absolute Gasteiger partial charge is 0.508 e. The monoisotopic (exact) mass is 821 g/mol. The summed E-state index contributed by atoms with van der Waals surface area (Å²) < 4.78 is 0. The van der Waals surface area contributed by atoms with Crippen LogP contribution in [0.25, 0.3) is 0 Å². The highest BCUT2D eigenvalue weighted by atomic mass is 32.2. The molecule has 0 aliphatic rings. The van der Waals surface area contributed by atoms with Gasteiger partial charge in [0.1, 0.15) is 29.9 Å². The number of benzene rings is 2. The van der Waals surface area contributed by atoms with Crippen LogP contribution in [-0.4, -0.2) is 141 Å². The van der Waals surface area contributed by atoms with E-state index in [0.29, 0.717) is 16.9 Å². The first-order valence-electron chi connectivity index (χ1n) is 17.4. The highest BCUT2D eigenvalue weighted by molar-refractivity contribution is 7.98. The molecule has 0 bridgehead atoms. The summed E-state index contributed by atoms with van der Waals surface area (Å²) >= 11 is 1.35. The lowest BCUT2D eigenvalue weighted by atomic mass is 10.0. The molecule has 13 N–H and O–H groups in total. The summed E-state index contributed by atoms with van der Waals surface area (Å²) in [5.74, 6) is -6.80. The van der Waals surface area contributed by atoms with E-state index in [-0.39, 0.29) is 25.0 Å². The first-order chi connectivity index (χ1) is 26.9. The number of amides is 6. The number of aromatic hydroxyl groups is 1. The zero-order chi connectivity index (χ0) is 43.1. The lowest BCUT2D eigenvalue weighted by Gasteiger charge is -2.27. The number of carbonyl (C=O) groups excluding carboxylic acids is 6. The third-order valence-electron chi connectivity index (χ3n) is 7.64. The number of rotatable bonds is 22. The summed E-state index contributed by atoms with van der Waals surface area (Å²) in [7, 11) is 0. The molecule has 1 unspecified atom stereocenters. The topological polar surface area (TPSA) is 336 Å². The molecule has 0 saturated heterocycles. The van der Waals surface area contributed by atoms with Crippen molar-refractivity contribution in [1.29, 1.82) is 0 Å². The number of carbonyl (C=O) groups is 8. The Morgan fingerprint density at radius 2 is 1.25 bits per heavy atom. The number of aliphatic hydroxyl groups excluding tert-OH is 2. The molecule has 0 fully saturated rings. The van der Waals surface area contributed by atoms with Gasteiger partial charge in [0, 0.05) is 13.3 Å². The van der Waals surface area contributed by atoms with E-state index < -0.39 is 103 Å². The van der Waals surface area contributed by atoms with Crippen LogP contribution < -0.4 is 37.6 Å². The van der Waals surface area contributed by atoms with Crippen LogP contribution in [0.1, 0.15) is 31.4 Å². The molecule has 0 aliphatic heterocycles. The van der Waals surface area contributed by atoms with Crippen LogP contribution in [0.5, 0.6) is 5.75 Å². The fourth-order valence-electron chi connectivity index (χ4n) is 4.71. The molecule has 2 rings (SSSR count). The highest BCUT2D eigenvalue weighted by Crippen LogP contribution is 2.11. The summed E-state index contributed by atoms with van der Waals surface area (Å²) in [5.41, 5.74) is 7.26. The molecule has 0 saturated carbocycles. The summed E-state index contributed by atoms with van der Waals surface area (Å²) in [6.07, 6.45) is 0.450. The minimum Gasteiger partial charge on any atom is -0.508 e. The molecule has 57 heavy (non-hydrogen) atoms. The number of thioether (sulfide) groups is 1. The second kappa shape index (κ2) is 26.2. The number of aliphatic hydroxyl groups is 2. The summed E-state index contributed by atoms with van der Waals surface area (Å²) in [5, 5.41) is 59.6. The smallest absolute Gasteiger partial charge is 0.328 e. The Morgan fingerprint density at radius 3 is 1.79 bits per heavy atom. The standard InChI is InChI=1S/C34H47N7O11S.C2H4O2/c1-19(43)29(33(50)40-26(18-42)34(51)52)41-31(48)24(12-13-53-2)39-32(49)25(15-20-6-4-3-5-7-20)38-28(46)17-36-27(45)16-37-30(47)23(35)14-21-8-10-22(44)11-9-21;1-2(3)4/h3-11,19,23-26,29,42-44H,12-18,35H2,1-2H3,(H,36,45)(H,37,47)(H,38,46)(H,39,49)(H,40,50)(H,41,48)(H,51,52);1H3,(H,3,4)/t19?,23-,24-,25-,26-,29-;/m0./s1. The Bertz CT molecular complexity index is 1640. The predicted octanol–water partition coefficient (Wildman–Crippen LogP) is -3.02. The number of phenols is 1. The van der Waals surface area contributed by atoms with E-state index in [9.17, 15) is 48.9 Å². The van der Waals surface area contributed by atoms with Gasteiger partial charge in [-0.05, 0) is 55.0 Å². The number of hydrogen-bond donors (Lipinski definition) is 12. The minimum absolute atomic E-state index is 0.0192. The average Bonchev–Trinajstić information content (AvgIpc) is 3.15. The van der Waals surface area contributed by atoms with E-state index in [1.165, 1.54) is 30.8 Å². The summed E-state index contributed by atoms with van der Waals surface area (Å²) in [6, 6.07) is 7.89. The number of hydrogen-bond acceptors (Lipinski definition) is 13. The molecule has 6 atom stereocenters. The van der Waals surface area contributed by atoms with Crippen LogP contribution >= 0.6 is 11.8 Å². The van der Waals surface area contributed by atoms with Gasteiger partial charge in [0.25, 0.3) is 5.97 Å². The van der Waals surface area contributed by atoms with Gasteiger partial charge in [0.2, 0.25) is 35.4 Å². The zero-order valence-corrected chi connectivity index (χ0v) is 32.4. The minimum atomic E-state index is -1.70. The van der Waals surface area contributed by atoms with Crippen molar-refractivity contribution < 1.29 is 63.9 Å². The Balaban J connectivity index is 0.00000386. The summed E-state index contributed by atoms with van der Waals surface area (Å²) in [6.45, 7) is 0.263. The maximum Gasteiger partial charge on any atom is 0.328 e. The van der Waals surface area contributed by atoms with Gasteiger partial charge in [-0.1, -0.05) is 42.5 Å².